The Kier molecular flexibility index (Phi) is 5.34. The quantitative estimate of drug-likeness (QED) is 0.901. The fraction of sp³-hybridized carbons (Fsp3) is 0.471. The molecule has 0 aliphatic carbocycles. The number of nitrogens with zero attached hydrogens (tertiary/aromatic N) is 4. The molecule has 6 nitrogen and oxygen atoms in total. The summed E-state index contributed by atoms with van der Waals surface area (Å²) in [6, 6.07) is 6.90. The summed E-state index contributed by atoms with van der Waals surface area (Å²) in [7, 11) is 0. The second-order valence-electron chi connectivity index (χ2n) is 6.52. The van der Waals surface area contributed by atoms with Gasteiger partial charge in [-0.2, -0.15) is 0 Å². The highest BCUT2D eigenvalue weighted by Gasteiger charge is 2.39. The molecule has 4 rings (SSSR count). The van der Waals surface area contributed by atoms with Gasteiger partial charge in [0.05, 0.1) is 12.7 Å². The van der Waals surface area contributed by atoms with E-state index in [-0.39, 0.29) is 30.2 Å². The van der Waals surface area contributed by atoms with Crippen molar-refractivity contribution < 1.29 is 9.18 Å². The lowest BCUT2D eigenvalue weighted by molar-refractivity contribution is 0.0674. The summed E-state index contributed by atoms with van der Waals surface area (Å²) in [5, 5.41) is 11.5. The SMILES string of the molecule is Cl.O=C(c1cn(Cc2cccc(F)c2)nn1)N1C2CCNCC1CC2. The Hall–Kier alpha value is -1.99. The van der Waals surface area contributed by atoms with Crippen molar-refractivity contribution in [1.82, 2.24) is 25.2 Å². The maximum atomic E-state index is 13.3. The molecule has 0 spiro atoms. The normalized spacial score (nSPS) is 22.4. The van der Waals surface area contributed by atoms with E-state index in [0.29, 0.717) is 18.3 Å². The van der Waals surface area contributed by atoms with Crippen LogP contribution in [0.1, 0.15) is 35.3 Å². The van der Waals surface area contributed by atoms with Gasteiger partial charge in [-0.25, -0.2) is 9.07 Å². The van der Waals surface area contributed by atoms with Crippen molar-refractivity contribution in [2.45, 2.75) is 37.9 Å². The highest BCUT2D eigenvalue weighted by Crippen LogP contribution is 2.29. The fourth-order valence-corrected chi connectivity index (χ4v) is 3.74. The van der Waals surface area contributed by atoms with Crippen LogP contribution in [-0.4, -0.2) is 51.0 Å². The monoisotopic (exact) mass is 365 g/mol. The third-order valence-corrected chi connectivity index (χ3v) is 4.88. The largest absolute Gasteiger partial charge is 0.330 e. The number of carbonyl (C=O) groups excluding carboxylic acids is 1. The summed E-state index contributed by atoms with van der Waals surface area (Å²) in [6.07, 6.45) is 4.75. The number of nitrogens with one attached hydrogen (secondary N) is 1. The average molecular weight is 366 g/mol. The highest BCUT2D eigenvalue weighted by molar-refractivity contribution is 5.92. The minimum Gasteiger partial charge on any atom is -0.330 e. The Morgan fingerprint density at radius 2 is 2.12 bits per heavy atom. The van der Waals surface area contributed by atoms with E-state index in [1.165, 1.54) is 12.1 Å². The van der Waals surface area contributed by atoms with Gasteiger partial charge in [-0.15, -0.1) is 17.5 Å². The fourth-order valence-electron chi connectivity index (χ4n) is 3.74. The van der Waals surface area contributed by atoms with Gasteiger partial charge in [0.15, 0.2) is 5.69 Å². The Morgan fingerprint density at radius 3 is 2.96 bits per heavy atom. The van der Waals surface area contributed by atoms with Gasteiger partial charge in [-0.1, -0.05) is 17.3 Å². The standard InChI is InChI=1S/C17H20FN5O.ClH/c18-13-3-1-2-12(8-13)10-22-11-16(20-21-22)17(24)23-14-4-5-15(23)9-19-7-6-14;/h1-3,8,11,14-15,19H,4-7,9-10H2;1H. The molecule has 2 aliphatic rings. The third kappa shape index (κ3) is 3.67. The molecule has 25 heavy (non-hydrogen) atoms. The zero-order valence-electron chi connectivity index (χ0n) is 13.8. The van der Waals surface area contributed by atoms with Gasteiger partial charge in [0.25, 0.3) is 5.91 Å². The molecule has 2 unspecified atom stereocenters. The van der Waals surface area contributed by atoms with Gasteiger partial charge in [-0.05, 0) is 43.5 Å². The van der Waals surface area contributed by atoms with Crippen LogP contribution in [0.3, 0.4) is 0 Å². The molecule has 2 atom stereocenters. The lowest BCUT2D eigenvalue weighted by Gasteiger charge is -2.26. The predicted octanol–water partition coefficient (Wildman–Crippen LogP) is 1.85. The van der Waals surface area contributed by atoms with Crippen molar-refractivity contribution in [2.75, 3.05) is 13.1 Å². The molecule has 2 saturated heterocycles. The maximum Gasteiger partial charge on any atom is 0.276 e. The number of fused-ring (bicyclic) bond motifs is 2. The Bertz CT molecular complexity index is 738. The number of benzene rings is 1. The Labute approximate surface area is 151 Å². The molecule has 1 aromatic carbocycles. The minimum absolute atomic E-state index is 0. The zero-order chi connectivity index (χ0) is 16.5. The van der Waals surface area contributed by atoms with Crippen molar-refractivity contribution in [3.05, 3.63) is 47.5 Å². The predicted molar refractivity (Wildman–Crippen MR) is 93.2 cm³/mol. The smallest absolute Gasteiger partial charge is 0.276 e. The molecular weight excluding hydrogens is 345 g/mol. The molecule has 134 valence electrons. The minimum atomic E-state index is -0.280. The molecule has 2 fully saturated rings. The second-order valence-corrected chi connectivity index (χ2v) is 6.52. The number of aromatic nitrogens is 3. The number of carbonyl (C=O) groups is 1. The van der Waals surface area contributed by atoms with Crippen LogP contribution in [0.15, 0.2) is 30.5 Å². The third-order valence-electron chi connectivity index (χ3n) is 4.88. The van der Waals surface area contributed by atoms with Crippen molar-refractivity contribution in [3.8, 4) is 0 Å². The van der Waals surface area contributed by atoms with Crippen LogP contribution in [0, 0.1) is 5.82 Å². The molecule has 1 amide bonds. The number of hydrogen-bond acceptors (Lipinski definition) is 4. The molecule has 0 radical (unpaired) electrons. The lowest BCUT2D eigenvalue weighted by Crippen LogP contribution is -2.42. The summed E-state index contributed by atoms with van der Waals surface area (Å²) < 4.78 is 14.8. The first-order valence-corrected chi connectivity index (χ1v) is 8.38. The van der Waals surface area contributed by atoms with Crippen molar-refractivity contribution in [1.29, 1.82) is 0 Å². The summed E-state index contributed by atoms with van der Waals surface area (Å²) >= 11 is 0. The van der Waals surface area contributed by atoms with Gasteiger partial charge < -0.3 is 10.2 Å². The van der Waals surface area contributed by atoms with Crippen LogP contribution < -0.4 is 5.32 Å². The summed E-state index contributed by atoms with van der Waals surface area (Å²) in [6.45, 7) is 2.20. The topological polar surface area (TPSA) is 63.1 Å². The Morgan fingerprint density at radius 1 is 1.28 bits per heavy atom. The first kappa shape index (κ1) is 17.8. The molecule has 2 aromatic rings. The van der Waals surface area contributed by atoms with E-state index in [4.69, 9.17) is 0 Å². The summed E-state index contributed by atoms with van der Waals surface area (Å²) in [5.74, 6) is -0.325. The number of halogens is 2. The van der Waals surface area contributed by atoms with E-state index >= 15 is 0 Å². The van der Waals surface area contributed by atoms with Crippen LogP contribution in [-0.2, 0) is 6.54 Å². The van der Waals surface area contributed by atoms with Crippen LogP contribution in [0.4, 0.5) is 4.39 Å². The zero-order valence-corrected chi connectivity index (χ0v) is 14.6. The molecule has 1 aromatic heterocycles. The average Bonchev–Trinajstić information content (AvgIpc) is 3.10. The van der Waals surface area contributed by atoms with Crippen molar-refractivity contribution in [3.63, 3.8) is 0 Å². The first-order valence-electron chi connectivity index (χ1n) is 8.38. The van der Waals surface area contributed by atoms with Gasteiger partial charge in [0, 0.05) is 18.6 Å². The van der Waals surface area contributed by atoms with E-state index in [1.54, 1.807) is 16.9 Å². The molecule has 3 heterocycles. The van der Waals surface area contributed by atoms with Gasteiger partial charge in [0.2, 0.25) is 0 Å². The van der Waals surface area contributed by atoms with Crippen LogP contribution in [0.2, 0.25) is 0 Å². The first-order chi connectivity index (χ1) is 11.7. The van der Waals surface area contributed by atoms with E-state index in [9.17, 15) is 9.18 Å². The number of rotatable bonds is 3. The van der Waals surface area contributed by atoms with Crippen LogP contribution in [0.5, 0.6) is 0 Å². The van der Waals surface area contributed by atoms with Crippen molar-refractivity contribution in [2.24, 2.45) is 0 Å². The van der Waals surface area contributed by atoms with Gasteiger partial charge in [-0.3, -0.25) is 4.79 Å². The Balaban J connectivity index is 0.00000182. The number of hydrogen-bond donors (Lipinski definition) is 1. The van der Waals surface area contributed by atoms with Crippen molar-refractivity contribution >= 4 is 18.3 Å². The van der Waals surface area contributed by atoms with Gasteiger partial charge in [0.1, 0.15) is 5.82 Å². The van der Waals surface area contributed by atoms with Crippen LogP contribution in [0.25, 0.3) is 0 Å². The van der Waals surface area contributed by atoms with E-state index in [1.807, 2.05) is 11.0 Å². The van der Waals surface area contributed by atoms with E-state index < -0.39 is 0 Å². The lowest BCUT2D eigenvalue weighted by atomic mass is 10.1. The second kappa shape index (κ2) is 7.49. The summed E-state index contributed by atoms with van der Waals surface area (Å²) in [4.78, 5) is 14.8. The number of amides is 1. The van der Waals surface area contributed by atoms with E-state index in [0.717, 1.165) is 37.9 Å². The maximum absolute atomic E-state index is 13.3. The molecule has 1 N–H and O–H groups in total. The highest BCUT2D eigenvalue weighted by atomic mass is 35.5. The molecule has 8 heteroatoms. The van der Waals surface area contributed by atoms with E-state index in [2.05, 4.69) is 15.6 Å². The van der Waals surface area contributed by atoms with Crippen LogP contribution >= 0.6 is 12.4 Å². The molecule has 0 saturated carbocycles. The molecule has 2 bridgehead atoms. The summed E-state index contributed by atoms with van der Waals surface area (Å²) in [5.41, 5.74) is 1.16. The van der Waals surface area contributed by atoms with Gasteiger partial charge >= 0.3 is 0 Å². The molecular formula is C17H21ClFN5O. The molecule has 2 aliphatic heterocycles.